The number of phenolic OH excluding ortho intramolecular Hbond substituents is 1. The fourth-order valence-electron chi connectivity index (χ4n) is 2.97. The predicted molar refractivity (Wildman–Crippen MR) is 129 cm³/mol. The van der Waals surface area contributed by atoms with E-state index >= 15 is 0 Å². The number of thiocarbonyl (C=S) groups is 1. The number of hydrazine groups is 1. The minimum Gasteiger partial charge on any atom is -0.508 e. The highest BCUT2D eigenvalue weighted by molar-refractivity contribution is 8.26. The number of carbonyl (C=O) groups excluding carboxylic acids is 3. The van der Waals surface area contributed by atoms with Gasteiger partial charge in [-0.3, -0.25) is 30.1 Å². The second-order valence-corrected chi connectivity index (χ2v) is 8.76. The van der Waals surface area contributed by atoms with Gasteiger partial charge >= 0.3 is 0 Å². The van der Waals surface area contributed by atoms with Crippen molar-refractivity contribution in [1.29, 1.82) is 0 Å². The lowest BCUT2D eigenvalue weighted by Crippen LogP contribution is -2.41. The smallest absolute Gasteiger partial charge is 0.269 e. The molecule has 0 aromatic heterocycles. The third-order valence-corrected chi connectivity index (χ3v) is 6.17. The van der Waals surface area contributed by atoms with Crippen molar-refractivity contribution in [2.75, 3.05) is 6.54 Å². The van der Waals surface area contributed by atoms with Crippen LogP contribution in [0.5, 0.6) is 5.75 Å². The van der Waals surface area contributed by atoms with Crippen molar-refractivity contribution in [3.8, 4) is 5.75 Å². The van der Waals surface area contributed by atoms with Gasteiger partial charge in [0.25, 0.3) is 11.8 Å². The number of aryl methyl sites for hydroxylation is 1. The molecule has 0 unspecified atom stereocenters. The van der Waals surface area contributed by atoms with E-state index in [2.05, 4.69) is 17.8 Å². The van der Waals surface area contributed by atoms with Crippen LogP contribution in [0.25, 0.3) is 6.08 Å². The van der Waals surface area contributed by atoms with Crippen LogP contribution in [0.1, 0.15) is 41.3 Å². The number of carbonyl (C=O) groups is 3. The van der Waals surface area contributed by atoms with Gasteiger partial charge in [-0.15, -0.1) is 0 Å². The summed E-state index contributed by atoms with van der Waals surface area (Å²) in [5, 5.41) is 9.25. The molecule has 2 aromatic rings. The minimum atomic E-state index is -0.493. The van der Waals surface area contributed by atoms with Crippen LogP contribution in [0, 0.1) is 0 Å². The molecular weight excluding hydrogens is 446 g/mol. The number of phenols is 1. The molecule has 3 rings (SSSR count). The maximum absolute atomic E-state index is 12.7. The molecule has 2 aromatic carbocycles. The Morgan fingerprint density at radius 3 is 2.44 bits per heavy atom. The molecule has 0 saturated carbocycles. The maximum Gasteiger partial charge on any atom is 0.269 e. The number of nitrogens with one attached hydrogen (secondary N) is 2. The molecule has 1 aliphatic heterocycles. The number of hydrogen-bond donors (Lipinski definition) is 3. The molecule has 1 heterocycles. The lowest BCUT2D eigenvalue weighted by Gasteiger charge is -2.14. The SMILES string of the molecule is CCc1ccc(/C=C2\SC(=S)N(CCCC(=O)NNC(=O)c3ccc(O)cc3)C2=O)cc1. The number of thioether (sulfide) groups is 1. The Hall–Kier alpha value is -3.17. The molecule has 166 valence electrons. The molecule has 3 N–H and O–H groups in total. The average molecular weight is 470 g/mol. The van der Waals surface area contributed by atoms with Crippen LogP contribution >= 0.6 is 24.0 Å². The van der Waals surface area contributed by atoms with Crippen LogP contribution < -0.4 is 10.9 Å². The molecule has 0 spiro atoms. The van der Waals surface area contributed by atoms with E-state index in [0.717, 1.165) is 12.0 Å². The van der Waals surface area contributed by atoms with Crippen LogP contribution in [-0.2, 0) is 16.0 Å². The van der Waals surface area contributed by atoms with Gasteiger partial charge in [0, 0.05) is 18.5 Å². The molecule has 0 atom stereocenters. The molecule has 0 bridgehead atoms. The highest BCUT2D eigenvalue weighted by Gasteiger charge is 2.31. The van der Waals surface area contributed by atoms with Crippen molar-refractivity contribution in [2.24, 2.45) is 0 Å². The third-order valence-electron chi connectivity index (χ3n) is 4.79. The summed E-state index contributed by atoms with van der Waals surface area (Å²) in [7, 11) is 0. The van der Waals surface area contributed by atoms with E-state index in [4.69, 9.17) is 12.2 Å². The van der Waals surface area contributed by atoms with E-state index in [1.807, 2.05) is 30.3 Å². The second-order valence-electron chi connectivity index (χ2n) is 7.08. The second kappa shape index (κ2) is 10.9. The number of nitrogens with zero attached hydrogens (tertiary/aromatic N) is 1. The molecule has 1 fully saturated rings. The average Bonchev–Trinajstić information content (AvgIpc) is 3.05. The fourth-order valence-corrected chi connectivity index (χ4v) is 4.27. The molecule has 32 heavy (non-hydrogen) atoms. The summed E-state index contributed by atoms with van der Waals surface area (Å²) < 4.78 is 0.465. The zero-order valence-corrected chi connectivity index (χ0v) is 19.1. The zero-order chi connectivity index (χ0) is 23.1. The summed E-state index contributed by atoms with van der Waals surface area (Å²) in [5.74, 6) is -0.993. The van der Waals surface area contributed by atoms with E-state index in [1.165, 1.54) is 46.5 Å². The summed E-state index contributed by atoms with van der Waals surface area (Å²) >= 11 is 6.58. The molecular formula is C23H23N3O4S2. The van der Waals surface area contributed by atoms with Crippen LogP contribution in [-0.4, -0.2) is 38.6 Å². The van der Waals surface area contributed by atoms with Crippen molar-refractivity contribution in [1.82, 2.24) is 15.8 Å². The van der Waals surface area contributed by atoms with Crippen molar-refractivity contribution in [3.63, 3.8) is 0 Å². The quantitative estimate of drug-likeness (QED) is 0.327. The monoisotopic (exact) mass is 469 g/mol. The zero-order valence-electron chi connectivity index (χ0n) is 17.5. The van der Waals surface area contributed by atoms with E-state index in [0.29, 0.717) is 27.8 Å². The molecule has 9 heteroatoms. The molecule has 0 radical (unpaired) electrons. The van der Waals surface area contributed by atoms with Crippen molar-refractivity contribution in [3.05, 3.63) is 70.1 Å². The summed E-state index contributed by atoms with van der Waals surface area (Å²) in [5.41, 5.74) is 7.13. The predicted octanol–water partition coefficient (Wildman–Crippen LogP) is 3.40. The number of amides is 3. The van der Waals surface area contributed by atoms with Crippen molar-refractivity contribution < 1.29 is 19.5 Å². The van der Waals surface area contributed by atoms with Gasteiger partial charge < -0.3 is 5.11 Å². The number of hydrogen-bond acceptors (Lipinski definition) is 6. The number of benzene rings is 2. The van der Waals surface area contributed by atoms with Crippen LogP contribution in [0.15, 0.2) is 53.4 Å². The van der Waals surface area contributed by atoms with Crippen molar-refractivity contribution in [2.45, 2.75) is 26.2 Å². The largest absolute Gasteiger partial charge is 0.508 e. The van der Waals surface area contributed by atoms with Gasteiger partial charge in [0.2, 0.25) is 5.91 Å². The van der Waals surface area contributed by atoms with Crippen LogP contribution in [0.3, 0.4) is 0 Å². The van der Waals surface area contributed by atoms with E-state index in [9.17, 15) is 19.5 Å². The molecule has 7 nitrogen and oxygen atoms in total. The van der Waals surface area contributed by atoms with Gasteiger partial charge in [-0.2, -0.15) is 0 Å². The summed E-state index contributed by atoms with van der Waals surface area (Å²) in [6.07, 6.45) is 3.29. The Kier molecular flexibility index (Phi) is 8.02. The van der Waals surface area contributed by atoms with E-state index in [-0.39, 0.29) is 24.0 Å². The van der Waals surface area contributed by atoms with Crippen LogP contribution in [0.2, 0.25) is 0 Å². The first-order valence-electron chi connectivity index (χ1n) is 10.1. The highest BCUT2D eigenvalue weighted by atomic mass is 32.2. The van der Waals surface area contributed by atoms with Crippen molar-refractivity contribution >= 4 is 52.1 Å². The highest BCUT2D eigenvalue weighted by Crippen LogP contribution is 2.32. The van der Waals surface area contributed by atoms with Gasteiger partial charge in [0.15, 0.2) is 0 Å². The van der Waals surface area contributed by atoms with Gasteiger partial charge in [0.05, 0.1) is 4.91 Å². The third kappa shape index (κ3) is 6.18. The van der Waals surface area contributed by atoms with Gasteiger partial charge in [-0.05, 0) is 54.3 Å². The topological polar surface area (TPSA) is 98.7 Å². The Bertz CT molecular complexity index is 1050. The van der Waals surface area contributed by atoms with Crippen LogP contribution in [0.4, 0.5) is 0 Å². The number of rotatable bonds is 7. The minimum absolute atomic E-state index is 0.0468. The Morgan fingerprint density at radius 2 is 1.78 bits per heavy atom. The summed E-state index contributed by atoms with van der Waals surface area (Å²) in [6.45, 7) is 2.40. The first-order chi connectivity index (χ1) is 15.4. The summed E-state index contributed by atoms with van der Waals surface area (Å²) in [4.78, 5) is 38.7. The maximum atomic E-state index is 12.7. The lowest BCUT2D eigenvalue weighted by atomic mass is 10.1. The molecule has 0 aliphatic carbocycles. The molecule has 1 saturated heterocycles. The Balaban J connectivity index is 1.45. The van der Waals surface area contributed by atoms with E-state index in [1.54, 1.807) is 0 Å². The Morgan fingerprint density at radius 1 is 1.09 bits per heavy atom. The van der Waals surface area contributed by atoms with Gasteiger partial charge in [0.1, 0.15) is 10.1 Å². The lowest BCUT2D eigenvalue weighted by molar-refractivity contribution is -0.124. The standard InChI is InChI=1S/C23H23N3O4S2/c1-2-15-5-7-16(8-6-15)14-19-22(30)26(23(31)32-19)13-3-4-20(28)24-25-21(29)17-9-11-18(27)12-10-17/h5-12,14,27H,2-4,13H2,1H3,(H,24,28)(H,25,29)/b19-14-. The summed E-state index contributed by atoms with van der Waals surface area (Å²) in [6, 6.07) is 13.7. The van der Waals surface area contributed by atoms with E-state index < -0.39 is 5.91 Å². The fraction of sp³-hybridized carbons (Fsp3) is 0.217. The van der Waals surface area contributed by atoms with Gasteiger partial charge in [-0.25, -0.2) is 0 Å². The molecule has 1 aliphatic rings. The molecule has 3 amide bonds. The normalized spacial score (nSPS) is 14.7. The first kappa shape index (κ1) is 23.5. The van der Waals surface area contributed by atoms with Gasteiger partial charge in [-0.1, -0.05) is 55.2 Å². The first-order valence-corrected chi connectivity index (χ1v) is 11.3. The Labute approximate surface area is 195 Å². The number of aromatic hydroxyl groups is 1.